The highest BCUT2D eigenvalue weighted by molar-refractivity contribution is 6.04. The maximum atomic E-state index is 14.8. The number of nitrogens with one attached hydrogen (secondary N) is 2. The molecular weight excluding hydrogens is 427 g/mol. The smallest absolute Gasteiger partial charge is 0.414 e. The predicted molar refractivity (Wildman–Crippen MR) is 123 cm³/mol. The number of nitrogens with zero attached hydrogens (tertiary/aromatic N) is 1. The largest absolute Gasteiger partial charge is 0.443 e. The van der Waals surface area contributed by atoms with Crippen molar-refractivity contribution < 1.29 is 18.7 Å². The van der Waals surface area contributed by atoms with E-state index < -0.39 is 29.4 Å². The van der Waals surface area contributed by atoms with Gasteiger partial charge in [0.15, 0.2) is 0 Å². The fourth-order valence-electron chi connectivity index (χ4n) is 3.34. The minimum Gasteiger partial charge on any atom is -0.443 e. The van der Waals surface area contributed by atoms with E-state index in [1.807, 2.05) is 6.07 Å². The van der Waals surface area contributed by atoms with Crippen LogP contribution < -0.4 is 26.7 Å². The Hall–Kier alpha value is -4.24. The summed E-state index contributed by atoms with van der Waals surface area (Å²) in [6, 6.07) is 18.6. The first-order valence-electron chi connectivity index (χ1n) is 10.2. The second kappa shape index (κ2) is 9.49. The van der Waals surface area contributed by atoms with Crippen molar-refractivity contribution in [2.24, 2.45) is 5.73 Å². The van der Waals surface area contributed by atoms with Gasteiger partial charge < -0.3 is 21.1 Å². The summed E-state index contributed by atoms with van der Waals surface area (Å²) in [5.74, 6) is -1.10. The number of para-hydroxylation sites is 1. The van der Waals surface area contributed by atoms with E-state index in [1.165, 1.54) is 47.4 Å². The van der Waals surface area contributed by atoms with Crippen LogP contribution in [0.25, 0.3) is 0 Å². The summed E-state index contributed by atoms with van der Waals surface area (Å²) in [5, 5.41) is 5.49. The minimum atomic E-state index is -0.683. The topological polar surface area (TPSA) is 114 Å². The molecule has 1 aliphatic rings. The lowest BCUT2D eigenvalue weighted by Gasteiger charge is -2.14. The maximum Gasteiger partial charge on any atom is 0.414 e. The van der Waals surface area contributed by atoms with Crippen molar-refractivity contribution in [1.29, 1.82) is 0 Å². The van der Waals surface area contributed by atoms with Gasteiger partial charge in [-0.15, -0.1) is 0 Å². The molecule has 2 amide bonds. The Morgan fingerprint density at radius 3 is 2.52 bits per heavy atom. The molecule has 1 saturated heterocycles. The van der Waals surface area contributed by atoms with Gasteiger partial charge in [-0.2, -0.15) is 0 Å². The van der Waals surface area contributed by atoms with Crippen LogP contribution >= 0.6 is 0 Å². The molecule has 0 bridgehead atoms. The monoisotopic (exact) mass is 448 g/mol. The minimum absolute atomic E-state index is 0.0133. The molecule has 1 fully saturated rings. The molecule has 1 atom stereocenters. The summed E-state index contributed by atoms with van der Waals surface area (Å²) in [5.41, 5.74) is 6.27. The average Bonchev–Trinajstić information content (AvgIpc) is 3.09. The normalized spacial score (nSPS) is 15.2. The van der Waals surface area contributed by atoms with E-state index in [2.05, 4.69) is 10.6 Å². The SMILES string of the molecule is NC[C@H]1CN(c2ccc(Nc3cc(C(=O)Nc4ccccc4)cccc3=O)c(F)c2)C(=O)O1. The Kier molecular flexibility index (Phi) is 6.32. The third-order valence-corrected chi connectivity index (χ3v) is 5.05. The van der Waals surface area contributed by atoms with Gasteiger partial charge in [0.2, 0.25) is 5.43 Å². The van der Waals surface area contributed by atoms with Gasteiger partial charge in [-0.25, -0.2) is 9.18 Å². The fraction of sp³-hybridized carbons (Fsp3) is 0.125. The molecule has 1 aliphatic heterocycles. The number of amides is 2. The zero-order valence-corrected chi connectivity index (χ0v) is 17.5. The van der Waals surface area contributed by atoms with Gasteiger partial charge in [0.25, 0.3) is 5.91 Å². The average molecular weight is 448 g/mol. The highest BCUT2D eigenvalue weighted by Crippen LogP contribution is 2.27. The second-order valence-electron chi connectivity index (χ2n) is 7.36. The molecule has 0 aromatic heterocycles. The molecule has 0 spiro atoms. The number of benzene rings is 2. The molecule has 3 aromatic carbocycles. The number of carbonyl (C=O) groups is 2. The van der Waals surface area contributed by atoms with E-state index in [9.17, 15) is 18.8 Å². The molecule has 168 valence electrons. The lowest BCUT2D eigenvalue weighted by Crippen LogP contribution is -2.27. The quantitative estimate of drug-likeness (QED) is 0.532. The Balaban J connectivity index is 1.57. The van der Waals surface area contributed by atoms with Gasteiger partial charge in [-0.05, 0) is 48.5 Å². The molecule has 1 heterocycles. The second-order valence-corrected chi connectivity index (χ2v) is 7.36. The van der Waals surface area contributed by atoms with Crippen LogP contribution in [-0.4, -0.2) is 31.2 Å². The lowest BCUT2D eigenvalue weighted by atomic mass is 10.2. The number of ether oxygens (including phenoxy) is 1. The molecule has 9 heteroatoms. The number of hydrogen-bond donors (Lipinski definition) is 3. The van der Waals surface area contributed by atoms with Crippen molar-refractivity contribution in [1.82, 2.24) is 0 Å². The van der Waals surface area contributed by atoms with Crippen LogP contribution in [0.4, 0.5) is 31.9 Å². The molecule has 3 aromatic rings. The van der Waals surface area contributed by atoms with Crippen LogP contribution in [0.2, 0.25) is 0 Å². The number of anilines is 4. The molecule has 4 rings (SSSR count). The first-order valence-corrected chi connectivity index (χ1v) is 10.2. The summed E-state index contributed by atoms with van der Waals surface area (Å²) in [4.78, 5) is 38.4. The summed E-state index contributed by atoms with van der Waals surface area (Å²) in [6.07, 6.45) is -1.05. The van der Waals surface area contributed by atoms with Crippen molar-refractivity contribution in [3.05, 3.63) is 94.4 Å². The van der Waals surface area contributed by atoms with Crippen LogP contribution in [0.1, 0.15) is 10.4 Å². The number of rotatable bonds is 6. The summed E-state index contributed by atoms with van der Waals surface area (Å²) in [7, 11) is 0. The Morgan fingerprint density at radius 1 is 1.03 bits per heavy atom. The van der Waals surface area contributed by atoms with E-state index >= 15 is 0 Å². The number of hydrogen-bond acceptors (Lipinski definition) is 6. The molecule has 0 aliphatic carbocycles. The standard InChI is InChI=1S/C24H21FN4O4/c25-19-12-17(29-14-18(13-26)33-24(29)32)9-10-20(19)28-21-11-15(5-4-8-22(21)30)23(31)27-16-6-2-1-3-7-16/h1-12,18H,13-14,26H2,(H,27,31)(H,28,30)/t18-/m0/s1. The Bertz CT molecular complexity index is 1250. The van der Waals surface area contributed by atoms with Gasteiger partial charge in [0.1, 0.15) is 11.9 Å². The highest BCUT2D eigenvalue weighted by Gasteiger charge is 2.31. The van der Waals surface area contributed by atoms with Gasteiger partial charge in [-0.3, -0.25) is 14.5 Å². The summed E-state index contributed by atoms with van der Waals surface area (Å²) < 4.78 is 19.9. The van der Waals surface area contributed by atoms with Crippen molar-refractivity contribution in [2.45, 2.75) is 6.10 Å². The first-order chi connectivity index (χ1) is 15.9. The van der Waals surface area contributed by atoms with Crippen LogP contribution in [0.15, 0.2) is 77.6 Å². The maximum absolute atomic E-state index is 14.8. The van der Waals surface area contributed by atoms with Crippen molar-refractivity contribution in [2.75, 3.05) is 28.6 Å². The number of halogens is 1. The van der Waals surface area contributed by atoms with Gasteiger partial charge in [-0.1, -0.05) is 24.3 Å². The Labute approximate surface area is 188 Å². The van der Waals surface area contributed by atoms with E-state index in [0.717, 1.165) is 0 Å². The lowest BCUT2D eigenvalue weighted by molar-refractivity contribution is 0.102. The fourth-order valence-corrected chi connectivity index (χ4v) is 3.34. The van der Waals surface area contributed by atoms with Gasteiger partial charge in [0, 0.05) is 17.8 Å². The van der Waals surface area contributed by atoms with Crippen LogP contribution in [0, 0.1) is 5.82 Å². The van der Waals surface area contributed by atoms with Crippen LogP contribution in [0.3, 0.4) is 0 Å². The van der Waals surface area contributed by atoms with Crippen molar-refractivity contribution in [3.63, 3.8) is 0 Å². The van der Waals surface area contributed by atoms with E-state index in [1.54, 1.807) is 24.3 Å². The van der Waals surface area contributed by atoms with E-state index in [-0.39, 0.29) is 30.0 Å². The molecule has 0 saturated carbocycles. The van der Waals surface area contributed by atoms with Gasteiger partial charge >= 0.3 is 6.09 Å². The number of nitrogens with two attached hydrogens (primary N) is 1. The summed E-state index contributed by atoms with van der Waals surface area (Å²) >= 11 is 0. The zero-order chi connectivity index (χ0) is 23.4. The Morgan fingerprint density at radius 2 is 1.82 bits per heavy atom. The predicted octanol–water partition coefficient (Wildman–Crippen LogP) is 3.47. The number of carbonyl (C=O) groups excluding carboxylic acids is 2. The van der Waals surface area contributed by atoms with E-state index in [4.69, 9.17) is 10.5 Å². The van der Waals surface area contributed by atoms with Gasteiger partial charge in [0.05, 0.1) is 23.6 Å². The molecule has 0 unspecified atom stereocenters. The molecule has 8 nitrogen and oxygen atoms in total. The van der Waals surface area contributed by atoms with Crippen LogP contribution in [-0.2, 0) is 4.74 Å². The molecule has 33 heavy (non-hydrogen) atoms. The van der Waals surface area contributed by atoms with Crippen molar-refractivity contribution >= 4 is 34.7 Å². The molecular formula is C24H21FN4O4. The first kappa shape index (κ1) is 22.0. The third-order valence-electron chi connectivity index (χ3n) is 5.05. The van der Waals surface area contributed by atoms with Crippen molar-refractivity contribution in [3.8, 4) is 0 Å². The zero-order valence-electron chi connectivity index (χ0n) is 17.5. The molecule has 4 N–H and O–H groups in total. The van der Waals surface area contributed by atoms with E-state index in [0.29, 0.717) is 11.4 Å². The summed E-state index contributed by atoms with van der Waals surface area (Å²) in [6.45, 7) is 0.391. The molecule has 0 radical (unpaired) electrons. The third kappa shape index (κ3) is 4.99. The van der Waals surface area contributed by atoms with Crippen LogP contribution in [0.5, 0.6) is 0 Å². The highest BCUT2D eigenvalue weighted by atomic mass is 19.1. The number of cyclic esters (lactones) is 1.